The molecule has 298 valence electrons. The molecule has 9 nitrogen and oxygen atoms in total. The van der Waals surface area contributed by atoms with Crippen molar-refractivity contribution in [1.29, 1.82) is 0 Å². The maximum absolute atomic E-state index is 12.5. The van der Waals surface area contributed by atoms with E-state index in [9.17, 15) is 14.7 Å². The molecule has 6 aromatic rings. The number of nitrogens with one attached hydrogen (secondary N) is 1. The van der Waals surface area contributed by atoms with Crippen LogP contribution in [-0.2, 0) is 32.2 Å². The number of nitrogens with zero attached hydrogens (tertiary/aromatic N) is 1. The normalized spacial score (nSPS) is 16.5. The van der Waals surface area contributed by atoms with E-state index in [1.165, 1.54) is 11.8 Å². The first-order valence-electron chi connectivity index (χ1n) is 19.8. The third-order valence-corrected chi connectivity index (χ3v) is 11.1. The number of oxazole rings is 1. The summed E-state index contributed by atoms with van der Waals surface area (Å²) in [6, 6.07) is 44.3. The van der Waals surface area contributed by atoms with Gasteiger partial charge in [-0.2, -0.15) is 0 Å². The molecule has 1 aliphatic rings. The molecular formula is C48H48N2O7S. The van der Waals surface area contributed by atoms with Crippen LogP contribution in [0.25, 0.3) is 33.7 Å². The number of hydrogen-bond donors (Lipinski definition) is 3. The molecule has 1 fully saturated rings. The lowest BCUT2D eigenvalue weighted by atomic mass is 9.99. The fourth-order valence-corrected chi connectivity index (χ4v) is 7.87. The van der Waals surface area contributed by atoms with Crippen molar-refractivity contribution in [3.63, 3.8) is 0 Å². The Morgan fingerprint density at radius 2 is 1.36 bits per heavy atom. The predicted octanol–water partition coefficient (Wildman–Crippen LogP) is 10.5. The fourth-order valence-electron chi connectivity index (χ4n) is 7.02. The van der Waals surface area contributed by atoms with Gasteiger partial charge in [0.1, 0.15) is 5.69 Å². The van der Waals surface area contributed by atoms with E-state index in [-0.39, 0.29) is 31.1 Å². The number of ether oxygens (including phenoxy) is 2. The van der Waals surface area contributed by atoms with Crippen LogP contribution < -0.4 is 5.32 Å². The van der Waals surface area contributed by atoms with Gasteiger partial charge in [0.25, 0.3) is 5.22 Å². The minimum atomic E-state index is -0.779. The number of aliphatic hydroxyl groups is 1. The van der Waals surface area contributed by atoms with Gasteiger partial charge in [-0.25, -0.2) is 4.98 Å². The van der Waals surface area contributed by atoms with Crippen molar-refractivity contribution in [2.24, 2.45) is 0 Å². The van der Waals surface area contributed by atoms with Crippen molar-refractivity contribution in [2.45, 2.75) is 81.8 Å². The number of carboxylic acid groups (broad SMARTS) is 1. The molecule has 58 heavy (non-hydrogen) atoms. The number of amides is 1. The first kappa shape index (κ1) is 40.7. The summed E-state index contributed by atoms with van der Waals surface area (Å²) in [5.74, 6) is 0.547. The maximum Gasteiger partial charge on any atom is 0.303 e. The quantitative estimate of drug-likeness (QED) is 0.0574. The number of carbonyl (C=O) groups is 2. The molecule has 1 amide bonds. The van der Waals surface area contributed by atoms with Gasteiger partial charge in [-0.3, -0.25) is 9.59 Å². The minimum absolute atomic E-state index is 0.00545. The summed E-state index contributed by atoms with van der Waals surface area (Å²) in [5, 5.41) is 22.0. The molecule has 1 aromatic heterocycles. The van der Waals surface area contributed by atoms with E-state index in [1.54, 1.807) is 0 Å². The summed E-state index contributed by atoms with van der Waals surface area (Å²) in [6.45, 7) is 0.411. The Morgan fingerprint density at radius 1 is 0.690 bits per heavy atom. The van der Waals surface area contributed by atoms with E-state index in [2.05, 4.69) is 29.6 Å². The molecule has 1 saturated heterocycles. The van der Waals surface area contributed by atoms with Crippen molar-refractivity contribution >= 4 is 23.6 Å². The standard InChI is InChI=1S/C48H48N2O7S/c51-31-33-20-22-36(23-21-33)42-29-41(32-58-48-50-45(37-13-5-3-6-14-37)46(57-48)38-15-7-4-8-16-38)55-47(56-42)39-26-24-35(25-27-39)40-17-11-12-34(28-40)30-49-43(52)18-9-1-2-10-19-44(53)54/h3-8,11-17,20-28,41-42,47,51H,1-2,9-10,18-19,29-32H2,(H,49,52)(H,53,54)/t41-,42+,47+/m1/s1. The Kier molecular flexibility index (Phi) is 14.2. The Hall–Kier alpha value is -5.52. The molecular weight excluding hydrogens is 749 g/mol. The smallest absolute Gasteiger partial charge is 0.303 e. The van der Waals surface area contributed by atoms with Gasteiger partial charge in [0.15, 0.2) is 12.1 Å². The number of aliphatic carboxylic acids is 1. The lowest BCUT2D eigenvalue weighted by molar-refractivity contribution is -0.245. The maximum atomic E-state index is 12.5. The Bertz CT molecular complexity index is 2170. The number of aliphatic hydroxyl groups excluding tert-OH is 1. The molecule has 0 aliphatic carbocycles. The zero-order chi connectivity index (χ0) is 40.1. The molecule has 0 spiro atoms. The van der Waals surface area contributed by atoms with Crippen molar-refractivity contribution in [1.82, 2.24) is 10.3 Å². The van der Waals surface area contributed by atoms with Gasteiger partial charge >= 0.3 is 5.97 Å². The van der Waals surface area contributed by atoms with Crippen LogP contribution in [0.2, 0.25) is 0 Å². The topological polar surface area (TPSA) is 131 Å². The number of benzene rings is 5. The molecule has 0 unspecified atom stereocenters. The number of thioether (sulfide) groups is 1. The molecule has 0 bridgehead atoms. The number of aromatic nitrogens is 1. The molecule has 1 aliphatic heterocycles. The SMILES string of the molecule is O=C(O)CCCCCCC(=O)NCc1cccc(-c2ccc([C@H]3O[C@@H](CSc4nc(-c5ccccc5)c(-c5ccccc5)o4)C[C@@H](c4ccc(CO)cc4)O3)cc2)c1. The summed E-state index contributed by atoms with van der Waals surface area (Å²) in [4.78, 5) is 28.1. The van der Waals surface area contributed by atoms with Crippen molar-refractivity contribution < 1.29 is 33.7 Å². The van der Waals surface area contributed by atoms with E-state index in [4.69, 9.17) is 24.0 Å². The molecule has 10 heteroatoms. The molecule has 0 saturated carbocycles. The lowest BCUT2D eigenvalue weighted by Gasteiger charge is -2.36. The van der Waals surface area contributed by atoms with Crippen LogP contribution in [0.1, 0.15) is 79.6 Å². The van der Waals surface area contributed by atoms with Crippen LogP contribution in [0.5, 0.6) is 0 Å². The molecule has 5 aromatic carbocycles. The van der Waals surface area contributed by atoms with Gasteiger partial charge in [-0.1, -0.05) is 152 Å². The van der Waals surface area contributed by atoms with Crippen molar-refractivity contribution in [2.75, 3.05) is 5.75 Å². The van der Waals surface area contributed by atoms with Crippen LogP contribution in [0, 0.1) is 0 Å². The van der Waals surface area contributed by atoms with Gasteiger partial charge in [0, 0.05) is 48.3 Å². The highest BCUT2D eigenvalue weighted by Crippen LogP contribution is 2.41. The second-order valence-electron chi connectivity index (χ2n) is 14.5. The Balaban J connectivity index is 1.02. The number of carboxylic acids is 1. The Morgan fingerprint density at radius 3 is 2.07 bits per heavy atom. The highest BCUT2D eigenvalue weighted by Gasteiger charge is 2.33. The average molecular weight is 797 g/mol. The number of carbonyl (C=O) groups excluding carboxylic acids is 1. The molecule has 3 atom stereocenters. The number of rotatable bonds is 18. The van der Waals surface area contributed by atoms with Crippen LogP contribution in [0.4, 0.5) is 0 Å². The summed E-state index contributed by atoms with van der Waals surface area (Å²) in [5.41, 5.74) is 8.59. The fraction of sp³-hybridized carbons (Fsp3) is 0.271. The Labute approximate surface area is 343 Å². The third kappa shape index (κ3) is 11.1. The van der Waals surface area contributed by atoms with Gasteiger partial charge in [0.2, 0.25) is 5.91 Å². The first-order valence-corrected chi connectivity index (χ1v) is 20.8. The van der Waals surface area contributed by atoms with E-state index < -0.39 is 12.3 Å². The van der Waals surface area contributed by atoms with Gasteiger partial charge in [-0.05, 0) is 46.7 Å². The van der Waals surface area contributed by atoms with Gasteiger partial charge < -0.3 is 29.4 Å². The minimum Gasteiger partial charge on any atom is -0.481 e. The number of unbranched alkanes of at least 4 members (excludes halogenated alkanes) is 3. The molecule has 0 radical (unpaired) electrons. The highest BCUT2D eigenvalue weighted by atomic mass is 32.2. The second kappa shape index (κ2) is 20.3. The zero-order valence-electron chi connectivity index (χ0n) is 32.3. The monoisotopic (exact) mass is 796 g/mol. The van der Waals surface area contributed by atoms with E-state index in [0.717, 1.165) is 75.2 Å². The van der Waals surface area contributed by atoms with Crippen molar-refractivity contribution in [3.8, 4) is 33.7 Å². The number of hydrogen-bond acceptors (Lipinski definition) is 8. The van der Waals surface area contributed by atoms with Crippen LogP contribution >= 0.6 is 11.8 Å². The van der Waals surface area contributed by atoms with Gasteiger partial charge in [-0.15, -0.1) is 0 Å². The van der Waals surface area contributed by atoms with Gasteiger partial charge in [0.05, 0.1) is 18.8 Å². The zero-order valence-corrected chi connectivity index (χ0v) is 33.1. The van der Waals surface area contributed by atoms with Crippen LogP contribution in [0.3, 0.4) is 0 Å². The molecule has 7 rings (SSSR count). The predicted molar refractivity (Wildman–Crippen MR) is 226 cm³/mol. The van der Waals surface area contributed by atoms with E-state index >= 15 is 0 Å². The second-order valence-corrected chi connectivity index (χ2v) is 15.4. The van der Waals surface area contributed by atoms with Crippen molar-refractivity contribution in [3.05, 3.63) is 156 Å². The summed E-state index contributed by atoms with van der Waals surface area (Å²) in [6.07, 6.45) is 3.26. The third-order valence-electron chi connectivity index (χ3n) is 10.2. The van der Waals surface area contributed by atoms with E-state index in [1.807, 2.05) is 109 Å². The largest absolute Gasteiger partial charge is 0.481 e. The summed E-state index contributed by atoms with van der Waals surface area (Å²) < 4.78 is 19.7. The summed E-state index contributed by atoms with van der Waals surface area (Å²) in [7, 11) is 0. The van der Waals surface area contributed by atoms with Crippen LogP contribution in [0.15, 0.2) is 143 Å². The lowest BCUT2D eigenvalue weighted by Crippen LogP contribution is -2.31. The average Bonchev–Trinajstić information content (AvgIpc) is 3.71. The first-order chi connectivity index (χ1) is 28.4. The summed E-state index contributed by atoms with van der Waals surface area (Å²) >= 11 is 1.53. The highest BCUT2D eigenvalue weighted by molar-refractivity contribution is 7.99. The van der Waals surface area contributed by atoms with E-state index in [0.29, 0.717) is 36.8 Å². The molecule has 3 N–H and O–H groups in total. The molecule has 2 heterocycles. The van der Waals surface area contributed by atoms with Crippen LogP contribution in [-0.4, -0.2) is 38.9 Å².